The number of hydrogen-bond acceptors (Lipinski definition) is 4. The maximum absolute atomic E-state index is 11.0. The molecule has 1 fully saturated rings. The van der Waals surface area contributed by atoms with Crippen LogP contribution in [-0.4, -0.2) is 33.3 Å². The van der Waals surface area contributed by atoms with Crippen LogP contribution in [0.15, 0.2) is 17.1 Å². The van der Waals surface area contributed by atoms with Gasteiger partial charge in [0.15, 0.2) is 5.17 Å². The van der Waals surface area contributed by atoms with Gasteiger partial charge in [-0.25, -0.2) is 4.99 Å². The van der Waals surface area contributed by atoms with Crippen molar-refractivity contribution in [3.05, 3.63) is 33.4 Å². The molecule has 0 aromatic heterocycles. The van der Waals surface area contributed by atoms with Crippen LogP contribution >= 0.6 is 24.2 Å². The summed E-state index contributed by atoms with van der Waals surface area (Å²) in [5.74, 6) is 2.29. The lowest BCUT2D eigenvalue weighted by atomic mass is 10.0. The maximum atomic E-state index is 11.0. The number of aryl methyl sites for hydroxylation is 2. The third-order valence-electron chi connectivity index (χ3n) is 4.29. The second kappa shape index (κ2) is 9.60. The smallest absolute Gasteiger partial charge is 0.270 e. The summed E-state index contributed by atoms with van der Waals surface area (Å²) in [5.41, 5.74) is 2.72. The summed E-state index contributed by atoms with van der Waals surface area (Å²) in [6.07, 6.45) is 1.16. The van der Waals surface area contributed by atoms with Gasteiger partial charge < -0.3 is 4.90 Å². The van der Waals surface area contributed by atoms with Gasteiger partial charge in [-0.05, 0) is 43.2 Å². The molecule has 0 aliphatic carbocycles. The van der Waals surface area contributed by atoms with E-state index in [0.717, 1.165) is 40.7 Å². The highest BCUT2D eigenvalue weighted by Crippen LogP contribution is 2.34. The Bertz CT molecular complexity index is 654. The quantitative estimate of drug-likeness (QED) is 0.452. The lowest BCUT2D eigenvalue weighted by Crippen LogP contribution is -2.37. The van der Waals surface area contributed by atoms with Gasteiger partial charge in [0.25, 0.3) is 5.69 Å². The Hall–Kier alpha value is -1.27. The Morgan fingerprint density at radius 2 is 1.81 bits per heavy atom. The molecule has 0 saturated carbocycles. The Morgan fingerprint density at radius 3 is 2.27 bits per heavy atom. The Balaban J connectivity index is 0.00000338. The van der Waals surface area contributed by atoms with Gasteiger partial charge in [-0.2, -0.15) is 0 Å². The minimum Gasteiger partial charge on any atom is -0.347 e. The number of hydrogen-bond donors (Lipinski definition) is 0. The zero-order chi connectivity index (χ0) is 18.7. The topological polar surface area (TPSA) is 58.7 Å². The Labute approximate surface area is 167 Å². The maximum Gasteiger partial charge on any atom is 0.270 e. The van der Waals surface area contributed by atoms with Crippen molar-refractivity contribution in [2.75, 3.05) is 12.3 Å². The minimum atomic E-state index is -0.342. The lowest BCUT2D eigenvalue weighted by Gasteiger charge is -2.29. The van der Waals surface area contributed by atoms with Crippen LogP contribution in [0.25, 0.3) is 0 Å². The number of aliphatic imine (C=N–C) groups is 1. The van der Waals surface area contributed by atoms with Crippen molar-refractivity contribution in [3.63, 3.8) is 0 Å². The molecule has 1 aromatic carbocycles. The summed E-state index contributed by atoms with van der Waals surface area (Å²) in [4.78, 5) is 18.1. The van der Waals surface area contributed by atoms with E-state index in [2.05, 4.69) is 32.6 Å². The van der Waals surface area contributed by atoms with E-state index in [1.165, 1.54) is 0 Å². The third kappa shape index (κ3) is 5.61. The van der Waals surface area contributed by atoms with Crippen LogP contribution < -0.4 is 0 Å². The molecular weight excluding hydrogens is 370 g/mol. The number of halogens is 1. The molecular formula is C19H30ClN3O2S. The van der Waals surface area contributed by atoms with Crippen molar-refractivity contribution < 1.29 is 4.92 Å². The van der Waals surface area contributed by atoms with Crippen LogP contribution in [0.3, 0.4) is 0 Å². The van der Waals surface area contributed by atoms with Gasteiger partial charge in [0.2, 0.25) is 0 Å². The molecule has 0 radical (unpaired) electrons. The summed E-state index contributed by atoms with van der Waals surface area (Å²) < 4.78 is 0. The first kappa shape index (κ1) is 22.8. The van der Waals surface area contributed by atoms with Gasteiger partial charge in [0, 0.05) is 30.5 Å². The summed E-state index contributed by atoms with van der Waals surface area (Å²) in [5, 5.41) is 12.1. The zero-order valence-corrected chi connectivity index (χ0v) is 18.1. The van der Waals surface area contributed by atoms with E-state index in [-0.39, 0.29) is 23.0 Å². The molecule has 0 amide bonds. The normalized spacial score (nSPS) is 18.7. The molecule has 0 spiro atoms. The van der Waals surface area contributed by atoms with Crippen LogP contribution in [0.2, 0.25) is 0 Å². The molecule has 1 aliphatic heterocycles. The highest BCUT2D eigenvalue weighted by atomic mass is 35.5. The summed E-state index contributed by atoms with van der Waals surface area (Å²) >= 11 is 1.81. The van der Waals surface area contributed by atoms with Crippen molar-refractivity contribution in [2.45, 2.75) is 54.0 Å². The summed E-state index contributed by atoms with van der Waals surface area (Å²) in [6.45, 7) is 13.8. The molecule has 1 heterocycles. The van der Waals surface area contributed by atoms with E-state index in [0.29, 0.717) is 17.9 Å². The van der Waals surface area contributed by atoms with Crippen molar-refractivity contribution in [3.8, 4) is 0 Å². The van der Waals surface area contributed by atoms with Crippen molar-refractivity contribution in [2.24, 2.45) is 16.8 Å². The molecule has 0 unspecified atom stereocenters. The van der Waals surface area contributed by atoms with Crippen molar-refractivity contribution >= 4 is 40.7 Å². The largest absolute Gasteiger partial charge is 0.347 e. The summed E-state index contributed by atoms with van der Waals surface area (Å²) in [7, 11) is 0. The molecule has 0 bridgehead atoms. The Kier molecular flexibility index (Phi) is 8.41. The van der Waals surface area contributed by atoms with Gasteiger partial charge in [-0.3, -0.25) is 10.1 Å². The van der Waals surface area contributed by atoms with E-state index in [1.807, 2.05) is 25.6 Å². The number of nitro groups is 1. The van der Waals surface area contributed by atoms with Gasteiger partial charge >= 0.3 is 0 Å². The predicted octanol–water partition coefficient (Wildman–Crippen LogP) is 5.74. The first-order valence-corrected chi connectivity index (χ1v) is 9.91. The number of amidine groups is 1. The minimum absolute atomic E-state index is 0. The van der Waals surface area contributed by atoms with E-state index in [9.17, 15) is 10.1 Å². The van der Waals surface area contributed by atoms with Crippen molar-refractivity contribution in [1.82, 2.24) is 4.90 Å². The SMILES string of the molecule is Cc1cc([N+](=O)[O-])cc(C)c1/N=C1\SC[C@H](CC(C)C)N1CC(C)C.Cl. The average molecular weight is 400 g/mol. The second-order valence-corrected chi connectivity index (χ2v) is 8.71. The van der Waals surface area contributed by atoms with E-state index in [4.69, 9.17) is 4.99 Å². The number of nitro benzene ring substituents is 1. The number of rotatable bonds is 6. The van der Waals surface area contributed by atoms with Crippen LogP contribution in [0.5, 0.6) is 0 Å². The molecule has 5 nitrogen and oxygen atoms in total. The molecule has 1 aliphatic rings. The van der Waals surface area contributed by atoms with E-state index < -0.39 is 0 Å². The number of thioether (sulfide) groups is 1. The number of benzene rings is 1. The zero-order valence-electron chi connectivity index (χ0n) is 16.5. The molecule has 0 N–H and O–H groups in total. The van der Waals surface area contributed by atoms with Crippen molar-refractivity contribution in [1.29, 1.82) is 0 Å². The second-order valence-electron chi connectivity index (χ2n) is 7.72. The lowest BCUT2D eigenvalue weighted by molar-refractivity contribution is -0.384. The molecule has 7 heteroatoms. The first-order chi connectivity index (χ1) is 11.7. The van der Waals surface area contributed by atoms with Gasteiger partial charge in [0.1, 0.15) is 0 Å². The van der Waals surface area contributed by atoms with Crippen LogP contribution in [0.4, 0.5) is 11.4 Å². The molecule has 146 valence electrons. The standard InChI is InChI=1S/C19H29N3O2S.ClH/c1-12(2)7-17-11-25-19(21(17)10-13(3)4)20-18-14(5)8-16(22(23)24)9-15(18)6;/h8-9,12-13,17H,7,10-11H2,1-6H3;1H/b20-19-;/t17-;/m0./s1. The fourth-order valence-electron chi connectivity index (χ4n) is 3.27. The van der Waals surface area contributed by atoms with Gasteiger partial charge in [-0.1, -0.05) is 39.5 Å². The van der Waals surface area contributed by atoms with Gasteiger partial charge in [-0.15, -0.1) is 12.4 Å². The fraction of sp³-hybridized carbons (Fsp3) is 0.632. The molecule has 1 atom stereocenters. The van der Waals surface area contributed by atoms with E-state index >= 15 is 0 Å². The molecule has 1 saturated heterocycles. The highest BCUT2D eigenvalue weighted by Gasteiger charge is 2.31. The van der Waals surface area contributed by atoms with Gasteiger partial charge in [0.05, 0.1) is 10.6 Å². The van der Waals surface area contributed by atoms with Crippen LogP contribution in [0, 0.1) is 35.8 Å². The Morgan fingerprint density at radius 1 is 1.23 bits per heavy atom. The highest BCUT2D eigenvalue weighted by molar-refractivity contribution is 8.14. The van der Waals surface area contributed by atoms with Crippen LogP contribution in [-0.2, 0) is 0 Å². The predicted molar refractivity (Wildman–Crippen MR) is 114 cm³/mol. The monoisotopic (exact) mass is 399 g/mol. The third-order valence-corrected chi connectivity index (χ3v) is 5.43. The molecule has 26 heavy (non-hydrogen) atoms. The average Bonchev–Trinajstić information content (AvgIpc) is 2.83. The number of non-ortho nitro benzene ring substituents is 1. The van der Waals surface area contributed by atoms with Crippen LogP contribution in [0.1, 0.15) is 45.2 Å². The summed E-state index contributed by atoms with van der Waals surface area (Å²) in [6, 6.07) is 3.75. The molecule has 2 rings (SSSR count). The molecule has 1 aromatic rings. The number of nitrogens with zero attached hydrogens (tertiary/aromatic N) is 3. The van der Waals surface area contributed by atoms with E-state index in [1.54, 1.807) is 12.1 Å². The first-order valence-electron chi connectivity index (χ1n) is 8.92. The fourth-order valence-corrected chi connectivity index (χ4v) is 4.47.